The van der Waals surface area contributed by atoms with E-state index in [1.807, 2.05) is 6.07 Å². The molecule has 0 aliphatic carbocycles. The van der Waals surface area contributed by atoms with Crippen molar-refractivity contribution in [3.63, 3.8) is 0 Å². The van der Waals surface area contributed by atoms with Crippen LogP contribution in [0.3, 0.4) is 0 Å². The highest BCUT2D eigenvalue weighted by molar-refractivity contribution is 5.95. The lowest BCUT2D eigenvalue weighted by Crippen LogP contribution is -2.31. The van der Waals surface area contributed by atoms with Crippen molar-refractivity contribution in [1.29, 1.82) is 5.26 Å². The van der Waals surface area contributed by atoms with E-state index in [-0.39, 0.29) is 24.6 Å². The molecule has 8 nitrogen and oxygen atoms in total. The lowest BCUT2D eigenvalue weighted by Gasteiger charge is -2.12. The zero-order valence-electron chi connectivity index (χ0n) is 16.6. The number of amides is 2. The van der Waals surface area contributed by atoms with Gasteiger partial charge in [0.25, 0.3) is 11.5 Å². The zero-order chi connectivity index (χ0) is 21.7. The molecule has 1 aromatic carbocycles. The third kappa shape index (κ3) is 4.64. The molecule has 0 radical (unpaired) electrons. The first-order chi connectivity index (χ1) is 14.4. The lowest BCUT2D eigenvalue weighted by atomic mass is 10.1. The summed E-state index contributed by atoms with van der Waals surface area (Å²) < 4.78 is 6.43. The minimum atomic E-state index is -0.492. The summed E-state index contributed by atoms with van der Waals surface area (Å²) in [6, 6.07) is 13.5. The highest BCUT2D eigenvalue weighted by atomic mass is 16.3. The average Bonchev–Trinajstić information content (AvgIpc) is 3.24. The number of hydrogen-bond acceptors (Lipinski definition) is 5. The van der Waals surface area contributed by atoms with Crippen molar-refractivity contribution in [3.8, 4) is 6.07 Å². The second-order valence-corrected chi connectivity index (χ2v) is 6.73. The Balaban J connectivity index is 1.63. The quantitative estimate of drug-likeness (QED) is 0.655. The fraction of sp³-hybridized carbons (Fsp3) is 0.182. The molecule has 3 rings (SSSR count). The Morgan fingerprint density at radius 2 is 1.90 bits per heavy atom. The summed E-state index contributed by atoms with van der Waals surface area (Å²) in [7, 11) is 0. The maximum absolute atomic E-state index is 12.4. The Morgan fingerprint density at radius 1 is 1.17 bits per heavy atom. The standard InChI is InChI=1S/C22H20N4O4/c1-14-10-15(2)26(22(29)19(14)11-23)13-20(27)25-17-7-5-16(6-8-17)21(28)24-12-18-4-3-9-30-18/h3-10H,12-13H2,1-2H3,(H,24,28)(H,25,27). The predicted molar refractivity (Wildman–Crippen MR) is 110 cm³/mol. The molecule has 0 aliphatic heterocycles. The van der Waals surface area contributed by atoms with Gasteiger partial charge in [0.2, 0.25) is 5.91 Å². The highest BCUT2D eigenvalue weighted by Crippen LogP contribution is 2.11. The van der Waals surface area contributed by atoms with E-state index < -0.39 is 11.5 Å². The number of nitriles is 1. The molecule has 30 heavy (non-hydrogen) atoms. The van der Waals surface area contributed by atoms with Gasteiger partial charge in [-0.3, -0.25) is 14.4 Å². The van der Waals surface area contributed by atoms with Gasteiger partial charge in [0.15, 0.2) is 0 Å². The number of pyridine rings is 1. The fourth-order valence-electron chi connectivity index (χ4n) is 2.99. The SMILES string of the molecule is Cc1cc(C)n(CC(=O)Nc2ccc(C(=O)NCc3ccco3)cc2)c(=O)c1C#N. The second kappa shape index (κ2) is 8.92. The van der Waals surface area contributed by atoms with Gasteiger partial charge in [-0.2, -0.15) is 5.26 Å². The number of carbonyl (C=O) groups is 2. The maximum Gasteiger partial charge on any atom is 0.269 e. The number of aromatic nitrogens is 1. The van der Waals surface area contributed by atoms with Gasteiger partial charge in [-0.05, 0) is 61.9 Å². The summed E-state index contributed by atoms with van der Waals surface area (Å²) in [5, 5.41) is 14.6. The Bertz CT molecular complexity index is 1170. The second-order valence-electron chi connectivity index (χ2n) is 6.73. The molecule has 0 saturated heterocycles. The van der Waals surface area contributed by atoms with E-state index in [9.17, 15) is 14.4 Å². The largest absolute Gasteiger partial charge is 0.467 e. The molecule has 2 heterocycles. The van der Waals surface area contributed by atoms with Crippen molar-refractivity contribution in [1.82, 2.24) is 9.88 Å². The van der Waals surface area contributed by atoms with Crippen molar-refractivity contribution in [3.05, 3.63) is 87.2 Å². The number of furan rings is 1. The number of carbonyl (C=O) groups excluding carboxylic acids is 2. The summed E-state index contributed by atoms with van der Waals surface area (Å²) in [4.78, 5) is 37.0. The number of rotatable bonds is 6. The van der Waals surface area contributed by atoms with E-state index in [1.165, 1.54) is 10.8 Å². The molecule has 0 fully saturated rings. The van der Waals surface area contributed by atoms with Gasteiger partial charge in [0.05, 0.1) is 12.8 Å². The zero-order valence-corrected chi connectivity index (χ0v) is 16.6. The molecule has 0 spiro atoms. The van der Waals surface area contributed by atoms with Crippen LogP contribution in [0.5, 0.6) is 0 Å². The Kier molecular flexibility index (Phi) is 6.13. The van der Waals surface area contributed by atoms with Crippen molar-refractivity contribution < 1.29 is 14.0 Å². The van der Waals surface area contributed by atoms with E-state index in [4.69, 9.17) is 9.68 Å². The first kappa shape index (κ1) is 20.6. The summed E-state index contributed by atoms with van der Waals surface area (Å²) in [6.07, 6.45) is 1.53. The van der Waals surface area contributed by atoms with Crippen LogP contribution in [0.25, 0.3) is 0 Å². The molecule has 8 heteroatoms. The molecular weight excluding hydrogens is 384 g/mol. The Labute approximate surface area is 172 Å². The van der Waals surface area contributed by atoms with Crippen molar-refractivity contribution in [2.75, 3.05) is 5.32 Å². The first-order valence-electron chi connectivity index (χ1n) is 9.20. The van der Waals surface area contributed by atoms with E-state index >= 15 is 0 Å². The summed E-state index contributed by atoms with van der Waals surface area (Å²) in [5.74, 6) is -0.0356. The van der Waals surface area contributed by atoms with Crippen LogP contribution in [0, 0.1) is 25.2 Å². The van der Waals surface area contributed by atoms with Crippen LogP contribution in [0.1, 0.15) is 32.9 Å². The van der Waals surface area contributed by atoms with Crippen LogP contribution < -0.4 is 16.2 Å². The normalized spacial score (nSPS) is 10.3. The highest BCUT2D eigenvalue weighted by Gasteiger charge is 2.13. The van der Waals surface area contributed by atoms with Crippen LogP contribution in [-0.2, 0) is 17.9 Å². The topological polar surface area (TPSA) is 117 Å². The molecule has 0 aliphatic rings. The molecule has 0 saturated carbocycles. The van der Waals surface area contributed by atoms with Gasteiger partial charge in [-0.25, -0.2) is 0 Å². The number of hydrogen-bond donors (Lipinski definition) is 2. The van der Waals surface area contributed by atoms with Crippen LogP contribution in [0.4, 0.5) is 5.69 Å². The first-order valence-corrected chi connectivity index (χ1v) is 9.20. The summed E-state index contributed by atoms with van der Waals surface area (Å²) in [5.41, 5.74) is 1.63. The predicted octanol–water partition coefficient (Wildman–Crippen LogP) is 2.50. The van der Waals surface area contributed by atoms with Gasteiger partial charge in [0, 0.05) is 16.9 Å². The maximum atomic E-state index is 12.4. The fourth-order valence-corrected chi connectivity index (χ4v) is 2.99. The van der Waals surface area contributed by atoms with Gasteiger partial charge in [-0.15, -0.1) is 0 Å². The molecule has 0 atom stereocenters. The molecule has 3 aromatic rings. The Hall–Kier alpha value is -4.12. The van der Waals surface area contributed by atoms with Gasteiger partial charge in [-0.1, -0.05) is 0 Å². The number of nitrogens with one attached hydrogen (secondary N) is 2. The molecule has 2 amide bonds. The van der Waals surface area contributed by atoms with Crippen molar-refractivity contribution in [2.45, 2.75) is 26.9 Å². The third-order valence-corrected chi connectivity index (χ3v) is 4.55. The molecule has 2 aromatic heterocycles. The number of aryl methyl sites for hydroxylation is 2. The Morgan fingerprint density at radius 3 is 2.53 bits per heavy atom. The van der Waals surface area contributed by atoms with Crippen LogP contribution in [0.2, 0.25) is 0 Å². The van der Waals surface area contributed by atoms with Crippen LogP contribution >= 0.6 is 0 Å². The van der Waals surface area contributed by atoms with Gasteiger partial charge in [0.1, 0.15) is 23.9 Å². The average molecular weight is 404 g/mol. The number of anilines is 1. The van der Waals surface area contributed by atoms with Crippen molar-refractivity contribution >= 4 is 17.5 Å². The number of benzene rings is 1. The molecule has 152 valence electrons. The third-order valence-electron chi connectivity index (χ3n) is 4.55. The summed E-state index contributed by atoms with van der Waals surface area (Å²) >= 11 is 0. The molecule has 2 N–H and O–H groups in total. The van der Waals surface area contributed by atoms with E-state index in [1.54, 1.807) is 56.3 Å². The minimum absolute atomic E-state index is 0.0262. The minimum Gasteiger partial charge on any atom is -0.467 e. The van der Waals surface area contributed by atoms with Crippen molar-refractivity contribution in [2.24, 2.45) is 0 Å². The van der Waals surface area contributed by atoms with Gasteiger partial charge >= 0.3 is 0 Å². The smallest absolute Gasteiger partial charge is 0.269 e. The van der Waals surface area contributed by atoms with Crippen LogP contribution in [-0.4, -0.2) is 16.4 Å². The monoisotopic (exact) mass is 404 g/mol. The van der Waals surface area contributed by atoms with E-state index in [2.05, 4.69) is 10.6 Å². The molecule has 0 bridgehead atoms. The van der Waals surface area contributed by atoms with E-state index in [0.717, 1.165) is 0 Å². The van der Waals surface area contributed by atoms with E-state index in [0.29, 0.717) is 28.3 Å². The van der Waals surface area contributed by atoms with Gasteiger partial charge < -0.3 is 19.6 Å². The number of nitrogens with zero attached hydrogens (tertiary/aromatic N) is 2. The molecular formula is C22H20N4O4. The summed E-state index contributed by atoms with van der Waals surface area (Å²) in [6.45, 7) is 3.45. The lowest BCUT2D eigenvalue weighted by molar-refractivity contribution is -0.116. The van der Waals surface area contributed by atoms with Crippen LogP contribution in [0.15, 0.2) is 57.9 Å². The molecule has 0 unspecified atom stereocenters.